The molecule has 0 radical (unpaired) electrons. The van der Waals surface area contributed by atoms with Gasteiger partial charge in [-0.3, -0.25) is 9.89 Å². The predicted octanol–water partition coefficient (Wildman–Crippen LogP) is 2.77. The maximum absolute atomic E-state index is 11.8. The van der Waals surface area contributed by atoms with Crippen LogP contribution in [0, 0.1) is 0 Å². The first-order valence-electron chi connectivity index (χ1n) is 6.44. The molecule has 2 rings (SSSR count). The lowest BCUT2D eigenvalue weighted by atomic mass is 10.1. The van der Waals surface area contributed by atoms with Crippen molar-refractivity contribution in [3.05, 3.63) is 47.7 Å². The van der Waals surface area contributed by atoms with Crippen LogP contribution in [0.1, 0.15) is 31.0 Å². The number of nitrogens with two attached hydrogens (primary N) is 1. The largest absolute Gasteiger partial charge is 0.399 e. The lowest BCUT2D eigenvalue weighted by molar-refractivity contribution is -0.111. The quantitative estimate of drug-likeness (QED) is 0.590. The average molecular weight is 270 g/mol. The molecule has 0 unspecified atom stereocenters. The highest BCUT2D eigenvalue weighted by atomic mass is 16.1. The number of H-pyrrole nitrogens is 1. The van der Waals surface area contributed by atoms with Crippen LogP contribution in [0.3, 0.4) is 0 Å². The third kappa shape index (κ3) is 3.71. The van der Waals surface area contributed by atoms with Crippen LogP contribution >= 0.6 is 0 Å². The second-order valence-electron chi connectivity index (χ2n) is 4.86. The first-order valence-corrected chi connectivity index (χ1v) is 6.44. The van der Waals surface area contributed by atoms with E-state index in [0.29, 0.717) is 17.4 Å². The van der Waals surface area contributed by atoms with E-state index in [4.69, 9.17) is 5.73 Å². The summed E-state index contributed by atoms with van der Waals surface area (Å²) in [4.78, 5) is 11.8. The molecule has 1 heterocycles. The van der Waals surface area contributed by atoms with Crippen molar-refractivity contribution in [1.82, 2.24) is 10.2 Å². The van der Waals surface area contributed by atoms with Gasteiger partial charge in [-0.05, 0) is 29.7 Å². The van der Waals surface area contributed by atoms with Gasteiger partial charge in [0.1, 0.15) is 0 Å². The van der Waals surface area contributed by atoms with Crippen molar-refractivity contribution in [1.29, 1.82) is 0 Å². The molecular formula is C15H18N4O. The van der Waals surface area contributed by atoms with E-state index in [2.05, 4.69) is 29.4 Å². The van der Waals surface area contributed by atoms with E-state index in [9.17, 15) is 4.79 Å². The Morgan fingerprint density at radius 1 is 1.40 bits per heavy atom. The van der Waals surface area contributed by atoms with E-state index in [-0.39, 0.29) is 5.91 Å². The van der Waals surface area contributed by atoms with Gasteiger partial charge in [0.05, 0.1) is 0 Å². The maximum Gasteiger partial charge on any atom is 0.249 e. The smallest absolute Gasteiger partial charge is 0.249 e. The molecule has 0 bridgehead atoms. The molecule has 1 aromatic carbocycles. The van der Waals surface area contributed by atoms with E-state index in [1.165, 1.54) is 6.08 Å². The van der Waals surface area contributed by atoms with Crippen LogP contribution in [-0.2, 0) is 4.79 Å². The number of carbonyl (C=O) groups excluding carboxylic acids is 1. The Bertz CT molecular complexity index is 628. The molecule has 104 valence electrons. The molecule has 0 aliphatic heterocycles. The minimum atomic E-state index is -0.228. The number of anilines is 2. The fourth-order valence-electron chi connectivity index (χ4n) is 1.70. The summed E-state index contributed by atoms with van der Waals surface area (Å²) in [5.41, 5.74) is 8.20. The SMILES string of the molecule is CC(C)c1cc(NC(=O)/C=C/c2cccc(N)c2)n[nH]1. The summed E-state index contributed by atoms with van der Waals surface area (Å²) in [6.45, 7) is 4.11. The highest BCUT2D eigenvalue weighted by Crippen LogP contribution is 2.14. The Morgan fingerprint density at radius 3 is 2.85 bits per heavy atom. The molecule has 0 fully saturated rings. The van der Waals surface area contributed by atoms with E-state index in [1.807, 2.05) is 18.2 Å². The molecule has 1 amide bonds. The monoisotopic (exact) mass is 270 g/mol. The second-order valence-corrected chi connectivity index (χ2v) is 4.86. The standard InChI is InChI=1S/C15H18N4O/c1-10(2)13-9-14(19-18-13)17-15(20)7-6-11-4-3-5-12(16)8-11/h3-10H,16H2,1-2H3,(H2,17,18,19,20)/b7-6+. The number of hydrogen-bond donors (Lipinski definition) is 3. The number of carbonyl (C=O) groups is 1. The number of aromatic amines is 1. The Kier molecular flexibility index (Phi) is 4.20. The summed E-state index contributed by atoms with van der Waals surface area (Å²) in [5, 5.41) is 9.62. The van der Waals surface area contributed by atoms with Crippen LogP contribution < -0.4 is 11.1 Å². The molecular weight excluding hydrogens is 252 g/mol. The Labute approximate surface area is 117 Å². The van der Waals surface area contributed by atoms with Gasteiger partial charge in [-0.2, -0.15) is 5.10 Å². The first kappa shape index (κ1) is 13.9. The summed E-state index contributed by atoms with van der Waals surface area (Å²) >= 11 is 0. The van der Waals surface area contributed by atoms with Crippen LogP contribution in [0.15, 0.2) is 36.4 Å². The Balaban J connectivity index is 1.98. The highest BCUT2D eigenvalue weighted by Gasteiger charge is 2.06. The van der Waals surface area contributed by atoms with Crippen molar-refractivity contribution in [3.8, 4) is 0 Å². The molecule has 0 spiro atoms. The highest BCUT2D eigenvalue weighted by molar-refractivity contribution is 6.01. The van der Waals surface area contributed by atoms with Crippen molar-refractivity contribution >= 4 is 23.5 Å². The molecule has 0 saturated carbocycles. The molecule has 0 aliphatic rings. The van der Waals surface area contributed by atoms with Crippen molar-refractivity contribution in [2.45, 2.75) is 19.8 Å². The van der Waals surface area contributed by atoms with Crippen LogP contribution in [-0.4, -0.2) is 16.1 Å². The number of aromatic nitrogens is 2. The number of hydrogen-bond acceptors (Lipinski definition) is 3. The van der Waals surface area contributed by atoms with Gasteiger partial charge in [-0.15, -0.1) is 0 Å². The van der Waals surface area contributed by atoms with Gasteiger partial charge in [0.2, 0.25) is 5.91 Å². The lowest BCUT2D eigenvalue weighted by Crippen LogP contribution is -2.07. The third-order valence-electron chi connectivity index (χ3n) is 2.81. The minimum Gasteiger partial charge on any atom is -0.399 e. The Morgan fingerprint density at radius 2 is 2.20 bits per heavy atom. The number of amides is 1. The van der Waals surface area contributed by atoms with Gasteiger partial charge < -0.3 is 11.1 Å². The maximum atomic E-state index is 11.8. The fraction of sp³-hybridized carbons (Fsp3) is 0.200. The molecule has 5 heteroatoms. The number of rotatable bonds is 4. The van der Waals surface area contributed by atoms with Crippen LogP contribution in [0.5, 0.6) is 0 Å². The second kappa shape index (κ2) is 6.06. The normalized spacial score (nSPS) is 11.2. The van der Waals surface area contributed by atoms with Gasteiger partial charge in [0.25, 0.3) is 0 Å². The number of benzene rings is 1. The number of nitrogens with zero attached hydrogens (tertiary/aromatic N) is 1. The van der Waals surface area contributed by atoms with Crippen molar-refractivity contribution in [2.24, 2.45) is 0 Å². The van der Waals surface area contributed by atoms with Gasteiger partial charge >= 0.3 is 0 Å². The van der Waals surface area contributed by atoms with Gasteiger partial charge in [0, 0.05) is 23.5 Å². The fourth-order valence-corrected chi connectivity index (χ4v) is 1.70. The zero-order valence-corrected chi connectivity index (χ0v) is 11.6. The molecule has 0 aliphatic carbocycles. The van der Waals surface area contributed by atoms with Crippen molar-refractivity contribution < 1.29 is 4.79 Å². The summed E-state index contributed by atoms with van der Waals surface area (Å²) in [6.07, 6.45) is 3.17. The van der Waals surface area contributed by atoms with E-state index in [1.54, 1.807) is 18.2 Å². The van der Waals surface area contributed by atoms with E-state index >= 15 is 0 Å². The van der Waals surface area contributed by atoms with E-state index < -0.39 is 0 Å². The topological polar surface area (TPSA) is 83.8 Å². The first-order chi connectivity index (χ1) is 9.54. The van der Waals surface area contributed by atoms with Gasteiger partial charge in [-0.25, -0.2) is 0 Å². The average Bonchev–Trinajstić information content (AvgIpc) is 2.85. The molecule has 2 aromatic rings. The van der Waals surface area contributed by atoms with E-state index in [0.717, 1.165) is 11.3 Å². The number of nitrogens with one attached hydrogen (secondary N) is 2. The predicted molar refractivity (Wildman–Crippen MR) is 81.2 cm³/mol. The number of nitrogen functional groups attached to an aromatic ring is 1. The summed E-state index contributed by atoms with van der Waals surface area (Å²) in [7, 11) is 0. The summed E-state index contributed by atoms with van der Waals surface area (Å²) in [5.74, 6) is 0.640. The Hall–Kier alpha value is -2.56. The summed E-state index contributed by atoms with van der Waals surface area (Å²) in [6, 6.07) is 9.15. The molecule has 1 aromatic heterocycles. The van der Waals surface area contributed by atoms with Crippen LogP contribution in [0.2, 0.25) is 0 Å². The zero-order chi connectivity index (χ0) is 14.5. The van der Waals surface area contributed by atoms with Crippen LogP contribution in [0.4, 0.5) is 11.5 Å². The van der Waals surface area contributed by atoms with Crippen molar-refractivity contribution in [2.75, 3.05) is 11.1 Å². The minimum absolute atomic E-state index is 0.228. The molecule has 0 atom stereocenters. The summed E-state index contributed by atoms with van der Waals surface area (Å²) < 4.78 is 0. The molecule has 0 saturated heterocycles. The van der Waals surface area contributed by atoms with Crippen LogP contribution in [0.25, 0.3) is 6.08 Å². The zero-order valence-electron chi connectivity index (χ0n) is 11.6. The molecule has 5 nitrogen and oxygen atoms in total. The third-order valence-corrected chi connectivity index (χ3v) is 2.81. The molecule has 4 N–H and O–H groups in total. The molecule has 20 heavy (non-hydrogen) atoms. The van der Waals surface area contributed by atoms with Gasteiger partial charge in [-0.1, -0.05) is 26.0 Å². The van der Waals surface area contributed by atoms with Gasteiger partial charge in [0.15, 0.2) is 5.82 Å². The van der Waals surface area contributed by atoms with Crippen molar-refractivity contribution in [3.63, 3.8) is 0 Å². The lowest BCUT2D eigenvalue weighted by Gasteiger charge is -1.98.